The number of ether oxygens (including phenoxy) is 1. The normalized spacial score (nSPS) is 16.0. The van der Waals surface area contributed by atoms with Crippen molar-refractivity contribution in [3.05, 3.63) is 53.6 Å². The van der Waals surface area contributed by atoms with Gasteiger partial charge in [0.15, 0.2) is 6.23 Å². The molecule has 0 saturated carbocycles. The lowest BCUT2D eigenvalue weighted by Crippen LogP contribution is -2.10. The van der Waals surface area contributed by atoms with Crippen LogP contribution in [0.25, 0.3) is 0 Å². The third kappa shape index (κ3) is 2.45. The van der Waals surface area contributed by atoms with Crippen LogP contribution < -0.4 is 15.4 Å². The van der Waals surface area contributed by atoms with Crippen LogP contribution >= 0.6 is 0 Å². The topological polar surface area (TPSA) is 50.4 Å². The summed E-state index contributed by atoms with van der Waals surface area (Å²) in [7, 11) is 0. The maximum Gasteiger partial charge on any atom is 0.221 e. The summed E-state index contributed by atoms with van der Waals surface area (Å²) in [6.45, 7) is 3.55. The molecule has 20 heavy (non-hydrogen) atoms. The third-order valence-electron chi connectivity index (χ3n) is 3.20. The number of carbonyl (C=O) groups excluding carboxylic acids is 1. The molecule has 4 heteroatoms. The first kappa shape index (κ1) is 12.5. The van der Waals surface area contributed by atoms with E-state index in [1.807, 2.05) is 36.4 Å². The van der Waals surface area contributed by atoms with E-state index in [2.05, 4.69) is 23.6 Å². The Kier molecular flexibility index (Phi) is 3.06. The second-order valence-corrected chi connectivity index (χ2v) is 4.95. The van der Waals surface area contributed by atoms with Gasteiger partial charge in [-0.3, -0.25) is 4.79 Å². The van der Waals surface area contributed by atoms with Gasteiger partial charge in [0.05, 0.1) is 5.69 Å². The predicted molar refractivity (Wildman–Crippen MR) is 78.9 cm³/mol. The highest BCUT2D eigenvalue weighted by atomic mass is 16.5. The van der Waals surface area contributed by atoms with Gasteiger partial charge in [-0.25, -0.2) is 0 Å². The predicted octanol–water partition coefficient (Wildman–Crippen LogP) is 3.46. The maximum absolute atomic E-state index is 11.0. The number of fused-ring (bicyclic) bond motifs is 1. The first-order chi connectivity index (χ1) is 9.61. The van der Waals surface area contributed by atoms with E-state index in [1.165, 1.54) is 12.5 Å². The van der Waals surface area contributed by atoms with Crippen LogP contribution in [0, 0.1) is 6.92 Å². The van der Waals surface area contributed by atoms with Gasteiger partial charge >= 0.3 is 0 Å². The molecule has 0 bridgehead atoms. The van der Waals surface area contributed by atoms with Crippen molar-refractivity contribution in [2.75, 3.05) is 10.6 Å². The molecule has 3 rings (SSSR count). The van der Waals surface area contributed by atoms with Crippen LogP contribution in [-0.2, 0) is 4.79 Å². The molecule has 0 aliphatic carbocycles. The number of carbonyl (C=O) groups is 1. The van der Waals surface area contributed by atoms with E-state index in [-0.39, 0.29) is 12.1 Å². The number of hydrogen-bond donors (Lipinski definition) is 2. The van der Waals surface area contributed by atoms with E-state index in [9.17, 15) is 4.79 Å². The average Bonchev–Trinajstić information content (AvgIpc) is 2.81. The molecule has 1 aliphatic heterocycles. The summed E-state index contributed by atoms with van der Waals surface area (Å²) >= 11 is 0. The molecule has 0 saturated heterocycles. The van der Waals surface area contributed by atoms with Gasteiger partial charge in [-0.15, -0.1) is 0 Å². The highest BCUT2D eigenvalue weighted by molar-refractivity contribution is 5.88. The molecule has 0 fully saturated rings. The molecule has 0 radical (unpaired) electrons. The first-order valence-corrected chi connectivity index (χ1v) is 6.53. The highest BCUT2D eigenvalue weighted by Crippen LogP contribution is 2.38. The van der Waals surface area contributed by atoms with E-state index in [0.717, 1.165) is 22.7 Å². The fourth-order valence-electron chi connectivity index (χ4n) is 2.25. The van der Waals surface area contributed by atoms with Gasteiger partial charge in [-0.1, -0.05) is 18.2 Å². The zero-order chi connectivity index (χ0) is 14.1. The summed E-state index contributed by atoms with van der Waals surface area (Å²) in [6, 6.07) is 13.7. The lowest BCUT2D eigenvalue weighted by atomic mass is 10.1. The number of benzene rings is 2. The van der Waals surface area contributed by atoms with Crippen molar-refractivity contribution in [1.29, 1.82) is 0 Å². The minimum absolute atomic E-state index is 0.0733. The molecule has 0 unspecified atom stereocenters. The summed E-state index contributed by atoms with van der Waals surface area (Å²) in [6.07, 6.45) is -0.182. The van der Waals surface area contributed by atoms with Gasteiger partial charge in [-0.05, 0) is 36.8 Å². The second-order valence-electron chi connectivity index (χ2n) is 4.95. The monoisotopic (exact) mass is 268 g/mol. The molecular formula is C16H16N2O2. The Morgan fingerprint density at radius 3 is 2.65 bits per heavy atom. The summed E-state index contributed by atoms with van der Waals surface area (Å²) < 4.78 is 5.87. The Morgan fingerprint density at radius 1 is 1.20 bits per heavy atom. The van der Waals surface area contributed by atoms with Gasteiger partial charge in [0.2, 0.25) is 5.91 Å². The van der Waals surface area contributed by atoms with Crippen molar-refractivity contribution in [3.63, 3.8) is 0 Å². The van der Waals surface area contributed by atoms with Crippen molar-refractivity contribution in [1.82, 2.24) is 0 Å². The minimum atomic E-state index is -0.182. The Labute approximate surface area is 117 Å². The van der Waals surface area contributed by atoms with Crippen LogP contribution in [0.3, 0.4) is 0 Å². The van der Waals surface area contributed by atoms with E-state index >= 15 is 0 Å². The van der Waals surface area contributed by atoms with Gasteiger partial charge in [0.25, 0.3) is 0 Å². The van der Waals surface area contributed by atoms with Gasteiger partial charge in [0.1, 0.15) is 5.75 Å². The van der Waals surface area contributed by atoms with E-state index in [1.54, 1.807) is 0 Å². The molecule has 1 atom stereocenters. The number of anilines is 2. The molecule has 2 aromatic carbocycles. The minimum Gasteiger partial charge on any atom is -0.464 e. The van der Waals surface area contributed by atoms with Crippen molar-refractivity contribution < 1.29 is 9.53 Å². The Bertz CT molecular complexity index is 650. The third-order valence-corrected chi connectivity index (χ3v) is 3.20. The van der Waals surface area contributed by atoms with Crippen LogP contribution in [0.1, 0.15) is 24.3 Å². The molecule has 2 N–H and O–H groups in total. The lowest BCUT2D eigenvalue weighted by Gasteiger charge is -2.12. The van der Waals surface area contributed by atoms with Crippen molar-refractivity contribution in [3.8, 4) is 5.75 Å². The molecule has 1 heterocycles. The number of aryl methyl sites for hydroxylation is 1. The van der Waals surface area contributed by atoms with Gasteiger partial charge in [0, 0.05) is 18.2 Å². The fourth-order valence-corrected chi connectivity index (χ4v) is 2.25. The molecule has 0 spiro atoms. The van der Waals surface area contributed by atoms with Crippen LogP contribution in [0.5, 0.6) is 5.75 Å². The average molecular weight is 268 g/mol. The zero-order valence-corrected chi connectivity index (χ0v) is 11.4. The first-order valence-electron chi connectivity index (χ1n) is 6.53. The summed E-state index contributed by atoms with van der Waals surface area (Å²) in [5.74, 6) is 0.794. The Hall–Kier alpha value is -2.49. The summed E-state index contributed by atoms with van der Waals surface area (Å²) in [4.78, 5) is 11.0. The van der Waals surface area contributed by atoms with Crippen LogP contribution in [0.15, 0.2) is 42.5 Å². The van der Waals surface area contributed by atoms with Crippen molar-refractivity contribution in [2.45, 2.75) is 20.1 Å². The van der Waals surface area contributed by atoms with E-state index in [0.29, 0.717) is 0 Å². The zero-order valence-electron chi connectivity index (χ0n) is 11.4. The van der Waals surface area contributed by atoms with Crippen LogP contribution in [0.2, 0.25) is 0 Å². The van der Waals surface area contributed by atoms with Gasteiger partial charge in [-0.2, -0.15) is 0 Å². The summed E-state index contributed by atoms with van der Waals surface area (Å²) in [5, 5.41) is 6.09. The molecule has 102 valence electrons. The number of rotatable bonds is 2. The van der Waals surface area contributed by atoms with Crippen molar-refractivity contribution in [2.24, 2.45) is 0 Å². The quantitative estimate of drug-likeness (QED) is 0.877. The standard InChI is InChI=1S/C16H16N2O2/c1-10-3-8-15-14(9-10)18-16(20-15)12-4-6-13(7-5-12)17-11(2)19/h3-9,16,18H,1-2H3,(H,17,19)/t16-/m1/s1. The molecule has 2 aromatic rings. The number of nitrogens with one attached hydrogen (secondary N) is 2. The Balaban J connectivity index is 1.77. The largest absolute Gasteiger partial charge is 0.464 e. The smallest absolute Gasteiger partial charge is 0.221 e. The maximum atomic E-state index is 11.0. The second kappa shape index (κ2) is 4.89. The van der Waals surface area contributed by atoms with Crippen LogP contribution in [0.4, 0.5) is 11.4 Å². The fraction of sp³-hybridized carbons (Fsp3) is 0.188. The molecule has 4 nitrogen and oxygen atoms in total. The summed E-state index contributed by atoms with van der Waals surface area (Å²) in [5.41, 5.74) is 4.02. The lowest BCUT2D eigenvalue weighted by molar-refractivity contribution is -0.114. The van der Waals surface area contributed by atoms with Crippen LogP contribution in [-0.4, -0.2) is 5.91 Å². The van der Waals surface area contributed by atoms with E-state index < -0.39 is 0 Å². The SMILES string of the molecule is CC(=O)Nc1ccc([C@@H]2Nc3cc(C)ccc3O2)cc1. The van der Waals surface area contributed by atoms with E-state index in [4.69, 9.17) is 4.74 Å². The number of amides is 1. The van der Waals surface area contributed by atoms with Gasteiger partial charge < -0.3 is 15.4 Å². The number of hydrogen-bond acceptors (Lipinski definition) is 3. The molecular weight excluding hydrogens is 252 g/mol. The molecule has 0 aromatic heterocycles. The highest BCUT2D eigenvalue weighted by Gasteiger charge is 2.23. The molecule has 1 amide bonds. The Morgan fingerprint density at radius 2 is 1.95 bits per heavy atom. The van der Waals surface area contributed by atoms with Crippen molar-refractivity contribution >= 4 is 17.3 Å². The molecule has 1 aliphatic rings.